The summed E-state index contributed by atoms with van der Waals surface area (Å²) in [7, 11) is 0. The number of carbonyl (C=O) groups excluding carboxylic acids is 2. The van der Waals surface area contributed by atoms with Crippen LogP contribution in [0.15, 0.2) is 36.4 Å². The van der Waals surface area contributed by atoms with Crippen molar-refractivity contribution >= 4 is 28.4 Å². The minimum Gasteiger partial charge on any atom is -0.508 e. The lowest BCUT2D eigenvalue weighted by atomic mass is 10.0. The Balaban J connectivity index is 1.99. The third kappa shape index (κ3) is 3.13. The van der Waals surface area contributed by atoms with E-state index >= 15 is 0 Å². The molecule has 134 valence electrons. The van der Waals surface area contributed by atoms with Crippen molar-refractivity contribution < 1.29 is 14.7 Å². The summed E-state index contributed by atoms with van der Waals surface area (Å²) >= 11 is 0. The number of carbonyl (C=O) groups is 2. The molecule has 0 fully saturated rings. The van der Waals surface area contributed by atoms with Gasteiger partial charge in [0.1, 0.15) is 11.4 Å². The Morgan fingerprint density at radius 2 is 1.88 bits per heavy atom. The summed E-state index contributed by atoms with van der Waals surface area (Å²) < 4.78 is 0. The molecule has 0 aliphatic carbocycles. The lowest BCUT2D eigenvalue weighted by Gasteiger charge is -2.09. The number of primary amides is 1. The van der Waals surface area contributed by atoms with Gasteiger partial charge in [-0.05, 0) is 54.3 Å². The summed E-state index contributed by atoms with van der Waals surface area (Å²) in [5, 5.41) is 13.2. The number of nitrogens with two attached hydrogens (primary N) is 1. The molecular weight excluding hydrogens is 330 g/mol. The average Bonchev–Trinajstić information content (AvgIpc) is 2.92. The molecular formula is C20H21N3O3. The molecule has 1 heterocycles. The highest BCUT2D eigenvalue weighted by atomic mass is 16.3. The van der Waals surface area contributed by atoms with E-state index in [4.69, 9.17) is 5.73 Å². The summed E-state index contributed by atoms with van der Waals surface area (Å²) in [6.45, 7) is 6.11. The molecule has 3 aromatic rings. The molecule has 2 amide bonds. The molecule has 0 saturated carbocycles. The standard InChI is InChI=1S/C20H21N3O3/c1-10(2)12-4-6-16-14(8-12)11(3)18(22-16)20(26)23-17-7-5-13(24)9-15(17)19(21)25/h4-10,22,24H,1-3H3,(H2,21,25)(H,23,26). The number of amides is 2. The molecule has 0 aliphatic rings. The Hall–Kier alpha value is -3.28. The van der Waals surface area contributed by atoms with Gasteiger partial charge in [-0.3, -0.25) is 9.59 Å². The van der Waals surface area contributed by atoms with Crippen molar-refractivity contribution in [2.24, 2.45) is 5.73 Å². The van der Waals surface area contributed by atoms with E-state index in [-0.39, 0.29) is 22.9 Å². The predicted octanol–water partition coefficient (Wildman–Crippen LogP) is 3.66. The smallest absolute Gasteiger partial charge is 0.272 e. The number of phenolic OH excluding ortho intramolecular Hbond substituents is 1. The molecule has 0 spiro atoms. The summed E-state index contributed by atoms with van der Waals surface area (Å²) in [6, 6.07) is 10.1. The van der Waals surface area contributed by atoms with Crippen LogP contribution in [0, 0.1) is 6.92 Å². The van der Waals surface area contributed by atoms with Gasteiger partial charge in [0.15, 0.2) is 0 Å². The zero-order chi connectivity index (χ0) is 19.0. The Bertz CT molecular complexity index is 1020. The number of aromatic hydroxyl groups is 1. The third-order valence-electron chi connectivity index (χ3n) is 4.49. The van der Waals surface area contributed by atoms with Gasteiger partial charge in [0.2, 0.25) is 0 Å². The van der Waals surface area contributed by atoms with Crippen LogP contribution in [0.3, 0.4) is 0 Å². The van der Waals surface area contributed by atoms with Crippen LogP contribution in [0.4, 0.5) is 5.69 Å². The molecule has 0 aliphatic heterocycles. The minimum absolute atomic E-state index is 0.0502. The van der Waals surface area contributed by atoms with Crippen molar-refractivity contribution in [3.8, 4) is 5.75 Å². The quantitative estimate of drug-likeness (QED) is 0.539. The summed E-state index contributed by atoms with van der Waals surface area (Å²) in [5.74, 6) is -0.815. The number of rotatable bonds is 4. The molecule has 6 heteroatoms. The van der Waals surface area contributed by atoms with E-state index in [0.29, 0.717) is 11.6 Å². The Morgan fingerprint density at radius 1 is 1.15 bits per heavy atom. The number of anilines is 1. The number of H-pyrrole nitrogens is 1. The highest BCUT2D eigenvalue weighted by Crippen LogP contribution is 2.27. The van der Waals surface area contributed by atoms with E-state index in [9.17, 15) is 14.7 Å². The topological polar surface area (TPSA) is 108 Å². The SMILES string of the molecule is Cc1c(C(=O)Nc2ccc(O)cc2C(N)=O)[nH]c2ccc(C(C)C)cc12. The number of phenols is 1. The van der Waals surface area contributed by atoms with Crippen LogP contribution in [0.1, 0.15) is 51.7 Å². The first-order valence-electron chi connectivity index (χ1n) is 8.34. The predicted molar refractivity (Wildman–Crippen MR) is 102 cm³/mol. The van der Waals surface area contributed by atoms with Crippen molar-refractivity contribution in [1.29, 1.82) is 0 Å². The van der Waals surface area contributed by atoms with Gasteiger partial charge in [-0.1, -0.05) is 19.9 Å². The van der Waals surface area contributed by atoms with Crippen LogP contribution in [0.2, 0.25) is 0 Å². The van der Waals surface area contributed by atoms with Crippen LogP contribution in [0.25, 0.3) is 10.9 Å². The van der Waals surface area contributed by atoms with Crippen molar-refractivity contribution in [3.63, 3.8) is 0 Å². The van der Waals surface area contributed by atoms with Crippen LogP contribution in [-0.2, 0) is 0 Å². The Labute approximate surface area is 151 Å². The maximum absolute atomic E-state index is 12.7. The van der Waals surface area contributed by atoms with Crippen molar-refractivity contribution in [1.82, 2.24) is 4.98 Å². The van der Waals surface area contributed by atoms with E-state index in [1.54, 1.807) is 0 Å². The lowest BCUT2D eigenvalue weighted by Crippen LogP contribution is -2.19. The van der Waals surface area contributed by atoms with Crippen molar-refractivity contribution in [2.45, 2.75) is 26.7 Å². The number of fused-ring (bicyclic) bond motifs is 1. The number of hydrogen-bond acceptors (Lipinski definition) is 3. The number of aryl methyl sites for hydroxylation is 1. The normalized spacial score (nSPS) is 11.1. The Morgan fingerprint density at radius 3 is 2.54 bits per heavy atom. The molecule has 5 N–H and O–H groups in total. The van der Waals surface area contributed by atoms with E-state index in [1.807, 2.05) is 19.1 Å². The second-order valence-corrected chi connectivity index (χ2v) is 6.63. The summed E-state index contributed by atoms with van der Waals surface area (Å²) in [6.07, 6.45) is 0. The maximum atomic E-state index is 12.7. The van der Waals surface area contributed by atoms with Gasteiger partial charge in [0.05, 0.1) is 11.3 Å². The van der Waals surface area contributed by atoms with Gasteiger partial charge < -0.3 is 21.1 Å². The van der Waals surface area contributed by atoms with Crippen molar-refractivity contribution in [3.05, 3.63) is 58.8 Å². The third-order valence-corrected chi connectivity index (χ3v) is 4.49. The lowest BCUT2D eigenvalue weighted by molar-refractivity contribution is 0.100. The molecule has 0 radical (unpaired) electrons. The van der Waals surface area contributed by atoms with Crippen LogP contribution >= 0.6 is 0 Å². The van der Waals surface area contributed by atoms with E-state index in [2.05, 4.69) is 30.2 Å². The first kappa shape index (κ1) is 17.5. The number of benzene rings is 2. The van der Waals surface area contributed by atoms with E-state index in [1.165, 1.54) is 23.8 Å². The summed E-state index contributed by atoms with van der Waals surface area (Å²) in [4.78, 5) is 27.4. The van der Waals surface area contributed by atoms with Crippen molar-refractivity contribution in [2.75, 3.05) is 5.32 Å². The van der Waals surface area contributed by atoms with Gasteiger partial charge in [-0.25, -0.2) is 0 Å². The molecule has 3 rings (SSSR count). The molecule has 0 unspecified atom stereocenters. The number of nitrogens with one attached hydrogen (secondary N) is 2. The van der Waals surface area contributed by atoms with Crippen LogP contribution in [-0.4, -0.2) is 21.9 Å². The highest BCUT2D eigenvalue weighted by molar-refractivity contribution is 6.11. The Kier molecular flexibility index (Phi) is 4.42. The van der Waals surface area contributed by atoms with Gasteiger partial charge >= 0.3 is 0 Å². The number of aromatic nitrogens is 1. The highest BCUT2D eigenvalue weighted by Gasteiger charge is 2.18. The van der Waals surface area contributed by atoms with Gasteiger partial charge in [0.25, 0.3) is 11.8 Å². The summed E-state index contributed by atoms with van der Waals surface area (Å²) in [5.41, 5.74) is 8.95. The fourth-order valence-corrected chi connectivity index (χ4v) is 2.96. The molecule has 0 saturated heterocycles. The first-order chi connectivity index (χ1) is 12.3. The van der Waals surface area contributed by atoms with Gasteiger partial charge in [-0.15, -0.1) is 0 Å². The van der Waals surface area contributed by atoms with Crippen LogP contribution < -0.4 is 11.1 Å². The molecule has 2 aromatic carbocycles. The van der Waals surface area contributed by atoms with Gasteiger partial charge in [-0.2, -0.15) is 0 Å². The molecule has 0 atom stereocenters. The zero-order valence-corrected chi connectivity index (χ0v) is 14.9. The monoisotopic (exact) mass is 351 g/mol. The molecule has 1 aromatic heterocycles. The number of aromatic amines is 1. The fourth-order valence-electron chi connectivity index (χ4n) is 2.96. The molecule has 6 nitrogen and oxygen atoms in total. The number of hydrogen-bond donors (Lipinski definition) is 4. The van der Waals surface area contributed by atoms with E-state index < -0.39 is 5.91 Å². The largest absolute Gasteiger partial charge is 0.508 e. The van der Waals surface area contributed by atoms with Gasteiger partial charge in [0, 0.05) is 10.9 Å². The fraction of sp³-hybridized carbons (Fsp3) is 0.200. The second-order valence-electron chi connectivity index (χ2n) is 6.63. The molecule has 26 heavy (non-hydrogen) atoms. The first-order valence-corrected chi connectivity index (χ1v) is 8.34. The van der Waals surface area contributed by atoms with Crippen LogP contribution in [0.5, 0.6) is 5.75 Å². The average molecular weight is 351 g/mol. The molecule has 0 bridgehead atoms. The minimum atomic E-state index is -0.730. The van der Waals surface area contributed by atoms with E-state index in [0.717, 1.165) is 16.5 Å². The maximum Gasteiger partial charge on any atom is 0.272 e. The second kappa shape index (κ2) is 6.55. The zero-order valence-electron chi connectivity index (χ0n) is 14.9.